The van der Waals surface area contributed by atoms with Crippen LogP contribution in [0.5, 0.6) is 0 Å². The number of hydrogen-bond acceptors (Lipinski definition) is 7. The van der Waals surface area contributed by atoms with Gasteiger partial charge in [-0.3, -0.25) is 20.2 Å². The average Bonchev–Trinajstić information content (AvgIpc) is 2.62. The molecular formula is C19H26N4O6S. The number of urea groups is 2. The van der Waals surface area contributed by atoms with Gasteiger partial charge in [0, 0.05) is 4.90 Å². The average molecular weight is 439 g/mol. The van der Waals surface area contributed by atoms with E-state index in [1.807, 2.05) is 10.6 Å². The third-order valence-electron chi connectivity index (χ3n) is 3.82. The van der Waals surface area contributed by atoms with E-state index in [9.17, 15) is 24.0 Å². The number of thioether (sulfide) groups is 1. The number of amides is 6. The second kappa shape index (κ2) is 11.2. The van der Waals surface area contributed by atoms with Crippen molar-refractivity contribution in [3.05, 3.63) is 29.8 Å². The van der Waals surface area contributed by atoms with E-state index in [-0.39, 0.29) is 11.5 Å². The Bertz CT molecular complexity index is 827. The molecule has 2 atom stereocenters. The molecule has 1 rings (SSSR count). The van der Waals surface area contributed by atoms with Crippen LogP contribution in [0.25, 0.3) is 0 Å². The summed E-state index contributed by atoms with van der Waals surface area (Å²) in [6.45, 7) is 6.84. The lowest BCUT2D eigenvalue weighted by molar-refractivity contribution is -0.131. The fourth-order valence-corrected chi connectivity index (χ4v) is 3.57. The van der Waals surface area contributed by atoms with Gasteiger partial charge in [-0.05, 0) is 24.0 Å². The van der Waals surface area contributed by atoms with Crippen LogP contribution in [0.4, 0.5) is 9.59 Å². The predicted octanol–water partition coefficient (Wildman–Crippen LogP) is 1.37. The summed E-state index contributed by atoms with van der Waals surface area (Å²) in [4.78, 5) is 59.6. The first kappa shape index (κ1) is 25.0. The molecule has 0 aliphatic carbocycles. The Labute approximate surface area is 178 Å². The molecule has 30 heavy (non-hydrogen) atoms. The second-order valence-corrected chi connectivity index (χ2v) is 8.24. The normalized spacial score (nSPS) is 12.7. The van der Waals surface area contributed by atoms with E-state index in [1.54, 1.807) is 45.9 Å². The Morgan fingerprint density at radius 3 is 1.90 bits per heavy atom. The minimum Gasteiger partial charge on any atom is -0.448 e. The number of imide groups is 2. The van der Waals surface area contributed by atoms with Gasteiger partial charge in [0.05, 0.1) is 10.8 Å². The van der Waals surface area contributed by atoms with Crippen molar-refractivity contribution >= 4 is 41.6 Å². The molecule has 0 spiro atoms. The highest BCUT2D eigenvalue weighted by Gasteiger charge is 2.30. The van der Waals surface area contributed by atoms with Gasteiger partial charge in [-0.15, -0.1) is 11.8 Å². The van der Waals surface area contributed by atoms with Crippen LogP contribution in [-0.2, 0) is 14.3 Å². The van der Waals surface area contributed by atoms with E-state index < -0.39 is 47.1 Å². The van der Waals surface area contributed by atoms with E-state index in [1.165, 1.54) is 6.07 Å². The molecule has 6 N–H and O–H groups in total. The predicted molar refractivity (Wildman–Crippen MR) is 110 cm³/mol. The molecule has 11 heteroatoms. The minimum atomic E-state index is -1.25. The topological polar surface area (TPSA) is 171 Å². The zero-order chi connectivity index (χ0) is 23.0. The molecule has 10 nitrogen and oxygen atoms in total. The molecule has 0 bridgehead atoms. The van der Waals surface area contributed by atoms with E-state index in [0.717, 1.165) is 11.8 Å². The van der Waals surface area contributed by atoms with Gasteiger partial charge in [0.25, 0.3) is 5.91 Å². The summed E-state index contributed by atoms with van der Waals surface area (Å²) >= 11 is 1.06. The fourth-order valence-electron chi connectivity index (χ4n) is 2.42. The maximum absolute atomic E-state index is 12.8. The van der Waals surface area contributed by atoms with E-state index in [4.69, 9.17) is 16.2 Å². The zero-order valence-electron chi connectivity index (χ0n) is 17.1. The summed E-state index contributed by atoms with van der Waals surface area (Å²) in [6.07, 6.45) is -1.25. The lowest BCUT2D eigenvalue weighted by atomic mass is 10.1. The number of esters is 1. The summed E-state index contributed by atoms with van der Waals surface area (Å²) in [5.74, 6) is -2.86. The van der Waals surface area contributed by atoms with E-state index >= 15 is 0 Å². The highest BCUT2D eigenvalue weighted by Crippen LogP contribution is 2.31. The maximum Gasteiger partial charge on any atom is 0.340 e. The highest BCUT2D eigenvalue weighted by molar-refractivity contribution is 8.00. The molecule has 0 heterocycles. The van der Waals surface area contributed by atoms with Crippen LogP contribution in [0, 0.1) is 11.8 Å². The summed E-state index contributed by atoms with van der Waals surface area (Å²) in [5, 5.41) is 3.22. The van der Waals surface area contributed by atoms with Crippen LogP contribution in [-0.4, -0.2) is 41.2 Å². The van der Waals surface area contributed by atoms with Gasteiger partial charge in [-0.25, -0.2) is 14.4 Å². The number of carbonyl (C=O) groups is 5. The van der Waals surface area contributed by atoms with Crippen LogP contribution in [0.3, 0.4) is 0 Å². The highest BCUT2D eigenvalue weighted by atomic mass is 32.2. The SMILES string of the molecule is CC(C)[C@H](OC(=O)c1ccccc1S[C@@H](C(=O)NC(N)=O)C(C)C)C(=O)NC(N)=O. The molecule has 1 aromatic rings. The van der Waals surface area contributed by atoms with Crippen molar-refractivity contribution in [3.8, 4) is 0 Å². The molecule has 0 unspecified atom stereocenters. The first-order valence-electron chi connectivity index (χ1n) is 9.11. The van der Waals surface area contributed by atoms with Gasteiger partial charge in [0.2, 0.25) is 5.91 Å². The molecule has 0 radical (unpaired) electrons. The quantitative estimate of drug-likeness (QED) is 0.351. The number of rotatable bonds is 8. The van der Waals surface area contributed by atoms with E-state index in [2.05, 4.69) is 0 Å². The van der Waals surface area contributed by atoms with Crippen LogP contribution in [0.2, 0.25) is 0 Å². The summed E-state index contributed by atoms with van der Waals surface area (Å²) in [7, 11) is 0. The Morgan fingerprint density at radius 2 is 1.40 bits per heavy atom. The Balaban J connectivity index is 3.12. The summed E-state index contributed by atoms with van der Waals surface area (Å²) in [6, 6.07) is 4.33. The van der Waals surface area contributed by atoms with Crippen molar-refractivity contribution in [2.24, 2.45) is 23.3 Å². The van der Waals surface area contributed by atoms with Crippen LogP contribution in [0.15, 0.2) is 29.2 Å². The molecule has 0 fully saturated rings. The molecule has 6 amide bonds. The Kier molecular flexibility index (Phi) is 9.31. The van der Waals surface area contributed by atoms with Crippen molar-refractivity contribution in [1.82, 2.24) is 10.6 Å². The van der Waals surface area contributed by atoms with Crippen molar-refractivity contribution in [1.29, 1.82) is 0 Å². The largest absolute Gasteiger partial charge is 0.448 e. The number of benzene rings is 1. The minimum absolute atomic E-state index is 0.123. The van der Waals surface area contributed by atoms with Gasteiger partial charge < -0.3 is 16.2 Å². The van der Waals surface area contributed by atoms with Gasteiger partial charge >= 0.3 is 18.0 Å². The number of primary amides is 2. The Morgan fingerprint density at radius 1 is 0.867 bits per heavy atom. The maximum atomic E-state index is 12.8. The van der Waals surface area contributed by atoms with Crippen LogP contribution >= 0.6 is 11.8 Å². The van der Waals surface area contributed by atoms with Gasteiger partial charge in [-0.1, -0.05) is 39.8 Å². The molecule has 164 valence electrons. The first-order chi connectivity index (χ1) is 13.9. The summed E-state index contributed by atoms with van der Waals surface area (Å²) in [5.41, 5.74) is 10.1. The van der Waals surface area contributed by atoms with Gasteiger partial charge in [0.1, 0.15) is 0 Å². The van der Waals surface area contributed by atoms with E-state index in [0.29, 0.717) is 4.90 Å². The molecule has 0 aliphatic heterocycles. The number of nitrogens with one attached hydrogen (secondary N) is 2. The van der Waals surface area contributed by atoms with Crippen molar-refractivity contribution in [2.45, 2.75) is 43.9 Å². The van der Waals surface area contributed by atoms with Gasteiger partial charge in [-0.2, -0.15) is 0 Å². The fraction of sp³-hybridized carbons (Fsp3) is 0.421. The number of hydrogen-bond donors (Lipinski definition) is 4. The molecule has 0 saturated carbocycles. The second-order valence-electron chi connectivity index (χ2n) is 7.06. The molecule has 1 aromatic carbocycles. The first-order valence-corrected chi connectivity index (χ1v) is 9.99. The number of ether oxygens (including phenoxy) is 1. The zero-order valence-corrected chi connectivity index (χ0v) is 17.9. The molecular weight excluding hydrogens is 412 g/mol. The smallest absolute Gasteiger partial charge is 0.340 e. The lowest BCUT2D eigenvalue weighted by Gasteiger charge is -2.22. The van der Waals surface area contributed by atoms with Crippen LogP contribution < -0.4 is 22.1 Å². The number of carbonyl (C=O) groups excluding carboxylic acids is 5. The monoisotopic (exact) mass is 438 g/mol. The summed E-state index contributed by atoms with van der Waals surface area (Å²) < 4.78 is 5.32. The third-order valence-corrected chi connectivity index (χ3v) is 5.44. The molecule has 0 saturated heterocycles. The number of nitrogens with two attached hydrogens (primary N) is 2. The van der Waals surface area contributed by atoms with Crippen LogP contribution in [0.1, 0.15) is 38.1 Å². The Hall–Kier alpha value is -3.08. The van der Waals surface area contributed by atoms with Gasteiger partial charge in [0.15, 0.2) is 6.10 Å². The van der Waals surface area contributed by atoms with Crippen molar-refractivity contribution < 1.29 is 28.7 Å². The lowest BCUT2D eigenvalue weighted by Crippen LogP contribution is -2.45. The standard InChI is InChI=1S/C19H26N4O6S/c1-9(2)13(15(24)22-18(20)27)29-17(26)11-7-5-6-8-12(11)30-14(10(3)4)16(25)23-19(21)28/h5-10,13-14H,1-4H3,(H3,20,22,24,27)(H3,21,23,25,28)/t13-,14+/m0/s1. The van der Waals surface area contributed by atoms with Crippen molar-refractivity contribution in [3.63, 3.8) is 0 Å². The molecule has 0 aromatic heterocycles. The van der Waals surface area contributed by atoms with Crippen molar-refractivity contribution in [2.75, 3.05) is 0 Å². The third kappa shape index (κ3) is 7.39. The molecule has 0 aliphatic rings.